The Balaban J connectivity index is 1.73. The topological polar surface area (TPSA) is 47.6 Å². The van der Waals surface area contributed by atoms with E-state index in [0.29, 0.717) is 18.9 Å². The molecule has 1 aromatic rings. The standard InChI is InChI=1S/C16H23NO3/c1-2-20-15-7-5-13(6-8-15)10-16(18)17-11-14-4-3-9-19-12-14/h5-8,14H,2-4,9-12H2,1H3,(H,17,18). The molecule has 0 aromatic heterocycles. The number of benzene rings is 1. The van der Waals surface area contributed by atoms with Gasteiger partial charge in [0.15, 0.2) is 0 Å². The molecular weight excluding hydrogens is 254 g/mol. The molecule has 20 heavy (non-hydrogen) atoms. The number of amides is 1. The monoisotopic (exact) mass is 277 g/mol. The molecule has 1 aliphatic heterocycles. The van der Waals surface area contributed by atoms with Crippen LogP contribution in [0.1, 0.15) is 25.3 Å². The van der Waals surface area contributed by atoms with Crippen LogP contribution in [0.15, 0.2) is 24.3 Å². The van der Waals surface area contributed by atoms with Crippen molar-refractivity contribution in [1.82, 2.24) is 5.32 Å². The molecular formula is C16H23NO3. The zero-order valence-corrected chi connectivity index (χ0v) is 12.1. The van der Waals surface area contributed by atoms with E-state index in [1.807, 2.05) is 31.2 Å². The van der Waals surface area contributed by atoms with Gasteiger partial charge in [0.25, 0.3) is 0 Å². The summed E-state index contributed by atoms with van der Waals surface area (Å²) in [5.41, 5.74) is 1.01. The molecule has 0 bridgehead atoms. The predicted molar refractivity (Wildman–Crippen MR) is 77.9 cm³/mol. The third-order valence-electron chi connectivity index (χ3n) is 3.44. The molecule has 2 rings (SSSR count). The van der Waals surface area contributed by atoms with Gasteiger partial charge in [0, 0.05) is 13.2 Å². The summed E-state index contributed by atoms with van der Waals surface area (Å²) in [7, 11) is 0. The second-order valence-electron chi connectivity index (χ2n) is 5.14. The molecule has 1 saturated heterocycles. The van der Waals surface area contributed by atoms with Crippen molar-refractivity contribution in [3.63, 3.8) is 0 Å². The minimum atomic E-state index is 0.0692. The zero-order valence-electron chi connectivity index (χ0n) is 12.1. The maximum atomic E-state index is 11.9. The average molecular weight is 277 g/mol. The van der Waals surface area contributed by atoms with Gasteiger partial charge >= 0.3 is 0 Å². The first-order valence-electron chi connectivity index (χ1n) is 7.34. The number of nitrogens with one attached hydrogen (secondary N) is 1. The highest BCUT2D eigenvalue weighted by atomic mass is 16.5. The van der Waals surface area contributed by atoms with Gasteiger partial charge in [-0.2, -0.15) is 0 Å². The van der Waals surface area contributed by atoms with E-state index in [4.69, 9.17) is 9.47 Å². The molecule has 1 fully saturated rings. The van der Waals surface area contributed by atoms with Crippen molar-refractivity contribution in [2.75, 3.05) is 26.4 Å². The van der Waals surface area contributed by atoms with Gasteiger partial charge in [-0.1, -0.05) is 12.1 Å². The number of hydrogen-bond donors (Lipinski definition) is 1. The maximum Gasteiger partial charge on any atom is 0.224 e. The second-order valence-corrected chi connectivity index (χ2v) is 5.14. The number of hydrogen-bond acceptors (Lipinski definition) is 3. The Hall–Kier alpha value is -1.55. The highest BCUT2D eigenvalue weighted by Crippen LogP contribution is 2.13. The fraction of sp³-hybridized carbons (Fsp3) is 0.562. The summed E-state index contributed by atoms with van der Waals surface area (Å²) in [6.07, 6.45) is 2.66. The Morgan fingerprint density at radius 2 is 2.20 bits per heavy atom. The zero-order chi connectivity index (χ0) is 14.2. The van der Waals surface area contributed by atoms with Crippen LogP contribution in [0.5, 0.6) is 5.75 Å². The van der Waals surface area contributed by atoms with E-state index in [1.54, 1.807) is 0 Å². The van der Waals surface area contributed by atoms with Crippen molar-refractivity contribution in [1.29, 1.82) is 0 Å². The lowest BCUT2D eigenvalue weighted by Gasteiger charge is -2.22. The molecule has 1 N–H and O–H groups in total. The van der Waals surface area contributed by atoms with Gasteiger partial charge < -0.3 is 14.8 Å². The smallest absolute Gasteiger partial charge is 0.224 e. The maximum absolute atomic E-state index is 11.9. The molecule has 1 aliphatic rings. The van der Waals surface area contributed by atoms with Crippen LogP contribution in [0.2, 0.25) is 0 Å². The van der Waals surface area contributed by atoms with E-state index in [2.05, 4.69) is 5.32 Å². The van der Waals surface area contributed by atoms with Gasteiger partial charge in [-0.15, -0.1) is 0 Å². The van der Waals surface area contributed by atoms with Crippen molar-refractivity contribution in [3.8, 4) is 5.75 Å². The van der Waals surface area contributed by atoms with Crippen LogP contribution in [-0.2, 0) is 16.0 Å². The van der Waals surface area contributed by atoms with Gasteiger partial charge in [0.2, 0.25) is 5.91 Å². The first-order chi connectivity index (χ1) is 9.78. The highest BCUT2D eigenvalue weighted by molar-refractivity contribution is 5.78. The van der Waals surface area contributed by atoms with Gasteiger partial charge in [-0.05, 0) is 43.4 Å². The average Bonchev–Trinajstić information content (AvgIpc) is 2.49. The number of rotatable bonds is 6. The largest absolute Gasteiger partial charge is 0.494 e. The predicted octanol–water partition coefficient (Wildman–Crippen LogP) is 2.17. The molecule has 0 aliphatic carbocycles. The van der Waals surface area contributed by atoms with Crippen molar-refractivity contribution < 1.29 is 14.3 Å². The van der Waals surface area contributed by atoms with Gasteiger partial charge in [0.05, 0.1) is 19.6 Å². The van der Waals surface area contributed by atoms with Crippen molar-refractivity contribution in [3.05, 3.63) is 29.8 Å². The Labute approximate surface area is 120 Å². The first kappa shape index (κ1) is 14.9. The summed E-state index contributed by atoms with van der Waals surface area (Å²) in [6, 6.07) is 7.69. The Kier molecular flexibility index (Phi) is 5.87. The van der Waals surface area contributed by atoms with Crippen LogP contribution in [0, 0.1) is 5.92 Å². The third kappa shape index (κ3) is 4.85. The number of carbonyl (C=O) groups excluding carboxylic acids is 1. The molecule has 0 saturated carbocycles. The van der Waals surface area contributed by atoms with Crippen molar-refractivity contribution in [2.45, 2.75) is 26.2 Å². The van der Waals surface area contributed by atoms with E-state index in [0.717, 1.165) is 43.9 Å². The lowest BCUT2D eigenvalue weighted by molar-refractivity contribution is -0.120. The van der Waals surface area contributed by atoms with Crippen LogP contribution >= 0.6 is 0 Å². The highest BCUT2D eigenvalue weighted by Gasteiger charge is 2.14. The third-order valence-corrected chi connectivity index (χ3v) is 3.44. The van der Waals surface area contributed by atoms with E-state index >= 15 is 0 Å². The molecule has 1 amide bonds. The second kappa shape index (κ2) is 7.90. The minimum absolute atomic E-state index is 0.0692. The van der Waals surface area contributed by atoms with Crippen LogP contribution < -0.4 is 10.1 Å². The summed E-state index contributed by atoms with van der Waals surface area (Å²) in [4.78, 5) is 11.9. The van der Waals surface area contributed by atoms with Gasteiger partial charge in [0.1, 0.15) is 5.75 Å². The summed E-state index contributed by atoms with van der Waals surface area (Å²) >= 11 is 0. The summed E-state index contributed by atoms with van der Waals surface area (Å²) < 4.78 is 10.8. The fourth-order valence-corrected chi connectivity index (χ4v) is 2.34. The van der Waals surface area contributed by atoms with Crippen LogP contribution in [0.4, 0.5) is 0 Å². The number of carbonyl (C=O) groups is 1. The molecule has 0 radical (unpaired) electrons. The summed E-state index contributed by atoms with van der Waals surface area (Å²) in [5.74, 6) is 1.38. The Bertz CT molecular complexity index is 410. The van der Waals surface area contributed by atoms with E-state index in [9.17, 15) is 4.79 Å². The van der Waals surface area contributed by atoms with E-state index in [1.165, 1.54) is 0 Å². The normalized spacial score (nSPS) is 18.6. The molecule has 1 aromatic carbocycles. The van der Waals surface area contributed by atoms with Crippen LogP contribution in [-0.4, -0.2) is 32.3 Å². The molecule has 1 heterocycles. The first-order valence-corrected chi connectivity index (χ1v) is 7.34. The lowest BCUT2D eigenvalue weighted by atomic mass is 10.0. The van der Waals surface area contributed by atoms with E-state index < -0.39 is 0 Å². The van der Waals surface area contributed by atoms with Crippen molar-refractivity contribution >= 4 is 5.91 Å². The minimum Gasteiger partial charge on any atom is -0.494 e. The molecule has 4 heteroatoms. The number of ether oxygens (including phenoxy) is 2. The summed E-state index contributed by atoms with van der Waals surface area (Å²) in [6.45, 7) is 4.95. The van der Waals surface area contributed by atoms with Crippen molar-refractivity contribution in [2.24, 2.45) is 5.92 Å². The Morgan fingerprint density at radius 3 is 2.85 bits per heavy atom. The van der Waals surface area contributed by atoms with E-state index in [-0.39, 0.29) is 5.91 Å². The molecule has 1 atom stereocenters. The fourth-order valence-electron chi connectivity index (χ4n) is 2.34. The van der Waals surface area contributed by atoms with Crippen LogP contribution in [0.25, 0.3) is 0 Å². The molecule has 1 unspecified atom stereocenters. The van der Waals surface area contributed by atoms with Gasteiger partial charge in [-0.25, -0.2) is 0 Å². The lowest BCUT2D eigenvalue weighted by Crippen LogP contribution is -2.34. The SMILES string of the molecule is CCOc1ccc(CC(=O)NCC2CCCOC2)cc1. The Morgan fingerprint density at radius 1 is 1.40 bits per heavy atom. The quantitative estimate of drug-likeness (QED) is 0.867. The van der Waals surface area contributed by atoms with Gasteiger partial charge in [-0.3, -0.25) is 4.79 Å². The summed E-state index contributed by atoms with van der Waals surface area (Å²) in [5, 5.41) is 2.99. The molecule has 0 spiro atoms. The molecule has 110 valence electrons. The molecule has 4 nitrogen and oxygen atoms in total. The van der Waals surface area contributed by atoms with Crippen LogP contribution in [0.3, 0.4) is 0 Å².